The molecule has 1 N–H and O–H groups in total. The molecule has 1 amide bonds. The third kappa shape index (κ3) is 4.42. The molecule has 9 heteroatoms. The van der Waals surface area contributed by atoms with E-state index < -0.39 is 17.3 Å². The third-order valence-electron chi connectivity index (χ3n) is 6.11. The van der Waals surface area contributed by atoms with Crippen molar-refractivity contribution in [2.45, 2.75) is 0 Å². The van der Waals surface area contributed by atoms with Crippen molar-refractivity contribution in [1.82, 2.24) is 14.3 Å². The Morgan fingerprint density at radius 3 is 2.46 bits per heavy atom. The van der Waals surface area contributed by atoms with Crippen LogP contribution in [0.2, 0.25) is 0 Å². The number of aromatic nitrogens is 3. The van der Waals surface area contributed by atoms with Crippen LogP contribution in [0.5, 0.6) is 17.2 Å². The number of pyridine rings is 1. The van der Waals surface area contributed by atoms with Crippen LogP contribution >= 0.6 is 0 Å². The van der Waals surface area contributed by atoms with Gasteiger partial charge in [-0.15, -0.1) is 0 Å². The van der Waals surface area contributed by atoms with Crippen LogP contribution in [0.3, 0.4) is 0 Å². The van der Waals surface area contributed by atoms with E-state index in [0.717, 1.165) is 6.07 Å². The molecule has 2 aromatic heterocycles. The molecule has 5 aromatic rings. The number of rotatable bonds is 6. The van der Waals surface area contributed by atoms with Gasteiger partial charge in [-0.1, -0.05) is 30.3 Å². The quantitative estimate of drug-likeness (QED) is 0.351. The first kappa shape index (κ1) is 23.8. The predicted octanol–water partition coefficient (Wildman–Crippen LogP) is 5.13. The Labute approximate surface area is 211 Å². The van der Waals surface area contributed by atoms with Crippen molar-refractivity contribution < 1.29 is 18.7 Å². The number of nitrogens with one attached hydrogen (secondary N) is 1. The van der Waals surface area contributed by atoms with Gasteiger partial charge in [0.1, 0.15) is 17.1 Å². The fraction of sp³-hybridized carbons (Fsp3) is 0.107. The average Bonchev–Trinajstić information content (AvgIpc) is 3.14. The molecule has 3 aromatic carbocycles. The molecule has 37 heavy (non-hydrogen) atoms. The standard InChI is InChI=1S/C28H23FN4O4/c1-32-26(17-7-5-4-6-8-17)25(28(35)33(32)2)27(34)31-18-9-12-24(21(29)15-18)37-23-13-14-30-22-16-19(36-3)10-11-20(22)23/h4-16H,1-3H3,(H,31,34). The summed E-state index contributed by atoms with van der Waals surface area (Å²) in [5, 5.41) is 3.33. The second-order valence-electron chi connectivity index (χ2n) is 8.34. The number of fused-ring (bicyclic) bond motifs is 1. The van der Waals surface area contributed by atoms with E-state index >= 15 is 4.39 Å². The lowest BCUT2D eigenvalue weighted by Crippen LogP contribution is -2.24. The minimum absolute atomic E-state index is 0.0260. The van der Waals surface area contributed by atoms with Gasteiger partial charge in [-0.05, 0) is 30.3 Å². The van der Waals surface area contributed by atoms with E-state index in [4.69, 9.17) is 9.47 Å². The molecule has 0 aliphatic rings. The minimum Gasteiger partial charge on any atom is -0.497 e. The Bertz CT molecular complexity index is 1690. The summed E-state index contributed by atoms with van der Waals surface area (Å²) in [6.07, 6.45) is 1.56. The summed E-state index contributed by atoms with van der Waals surface area (Å²) in [7, 11) is 4.84. The molecule has 0 aliphatic carbocycles. The third-order valence-corrected chi connectivity index (χ3v) is 6.11. The van der Waals surface area contributed by atoms with Crippen molar-refractivity contribution in [1.29, 1.82) is 0 Å². The molecule has 5 rings (SSSR count). The summed E-state index contributed by atoms with van der Waals surface area (Å²) >= 11 is 0. The van der Waals surface area contributed by atoms with Crippen LogP contribution in [0.4, 0.5) is 10.1 Å². The first-order chi connectivity index (χ1) is 17.9. The molecule has 0 saturated heterocycles. The first-order valence-electron chi connectivity index (χ1n) is 11.4. The maximum absolute atomic E-state index is 15.0. The molecular weight excluding hydrogens is 475 g/mol. The Hall–Kier alpha value is -4.92. The summed E-state index contributed by atoms with van der Waals surface area (Å²) in [4.78, 5) is 30.3. The van der Waals surface area contributed by atoms with Crippen molar-refractivity contribution >= 4 is 22.5 Å². The highest BCUT2D eigenvalue weighted by molar-refractivity contribution is 6.08. The van der Waals surface area contributed by atoms with Gasteiger partial charge < -0.3 is 14.8 Å². The zero-order chi connectivity index (χ0) is 26.1. The van der Waals surface area contributed by atoms with Gasteiger partial charge in [-0.25, -0.2) is 4.39 Å². The number of halogens is 1. The Morgan fingerprint density at radius 2 is 1.73 bits per heavy atom. The first-order valence-corrected chi connectivity index (χ1v) is 11.4. The highest BCUT2D eigenvalue weighted by Crippen LogP contribution is 2.33. The number of carbonyl (C=O) groups excluding carboxylic acids is 1. The molecule has 2 heterocycles. The van der Waals surface area contributed by atoms with Crippen LogP contribution in [-0.4, -0.2) is 27.4 Å². The number of nitrogens with zero attached hydrogens (tertiary/aromatic N) is 3. The van der Waals surface area contributed by atoms with Crippen molar-refractivity contribution in [2.24, 2.45) is 14.1 Å². The largest absolute Gasteiger partial charge is 0.497 e. The molecule has 0 saturated carbocycles. The van der Waals surface area contributed by atoms with E-state index in [2.05, 4.69) is 10.3 Å². The Morgan fingerprint density at radius 1 is 0.946 bits per heavy atom. The van der Waals surface area contributed by atoms with Crippen LogP contribution in [0.25, 0.3) is 22.2 Å². The average molecular weight is 499 g/mol. The van der Waals surface area contributed by atoms with E-state index in [-0.39, 0.29) is 17.0 Å². The molecule has 0 spiro atoms. The van der Waals surface area contributed by atoms with Crippen molar-refractivity contribution in [3.8, 4) is 28.5 Å². The van der Waals surface area contributed by atoms with Gasteiger partial charge in [0.25, 0.3) is 11.5 Å². The maximum Gasteiger partial charge on any atom is 0.279 e. The summed E-state index contributed by atoms with van der Waals surface area (Å²) in [5.41, 5.74) is 1.51. The molecule has 0 unspecified atom stereocenters. The second kappa shape index (κ2) is 9.62. The molecule has 186 valence electrons. The van der Waals surface area contributed by atoms with Gasteiger partial charge in [0.15, 0.2) is 11.6 Å². The highest BCUT2D eigenvalue weighted by Gasteiger charge is 2.24. The molecule has 0 bridgehead atoms. The lowest BCUT2D eigenvalue weighted by Gasteiger charge is -2.12. The van der Waals surface area contributed by atoms with Crippen molar-refractivity contribution in [3.63, 3.8) is 0 Å². The number of ether oxygens (including phenoxy) is 2. The van der Waals surface area contributed by atoms with Gasteiger partial charge in [-0.3, -0.25) is 23.9 Å². The monoisotopic (exact) mass is 498 g/mol. The van der Waals surface area contributed by atoms with E-state index in [9.17, 15) is 9.59 Å². The number of hydrogen-bond donors (Lipinski definition) is 1. The Balaban J connectivity index is 1.42. The number of hydrogen-bond acceptors (Lipinski definition) is 5. The van der Waals surface area contributed by atoms with Crippen LogP contribution in [0.1, 0.15) is 10.4 Å². The van der Waals surface area contributed by atoms with Crippen molar-refractivity contribution in [3.05, 3.63) is 101 Å². The topological polar surface area (TPSA) is 87.4 Å². The number of methoxy groups -OCH3 is 1. The van der Waals surface area contributed by atoms with Gasteiger partial charge in [0, 0.05) is 49.1 Å². The highest BCUT2D eigenvalue weighted by atomic mass is 19.1. The van der Waals surface area contributed by atoms with Crippen LogP contribution < -0.4 is 20.3 Å². The number of amides is 1. The van der Waals surface area contributed by atoms with Gasteiger partial charge in [0.05, 0.1) is 18.3 Å². The summed E-state index contributed by atoms with van der Waals surface area (Å²) in [6, 6.07) is 20.2. The number of anilines is 1. The predicted molar refractivity (Wildman–Crippen MR) is 139 cm³/mol. The van der Waals surface area contributed by atoms with Gasteiger partial charge in [0.2, 0.25) is 0 Å². The Kier molecular flexibility index (Phi) is 6.19. The lowest BCUT2D eigenvalue weighted by atomic mass is 10.1. The van der Waals surface area contributed by atoms with E-state index in [1.807, 2.05) is 30.3 Å². The molecule has 0 aliphatic heterocycles. The van der Waals surface area contributed by atoms with E-state index in [1.165, 1.54) is 16.8 Å². The maximum atomic E-state index is 15.0. The second-order valence-corrected chi connectivity index (χ2v) is 8.34. The number of benzene rings is 3. The van der Waals surface area contributed by atoms with Crippen LogP contribution in [0, 0.1) is 5.82 Å². The zero-order valence-corrected chi connectivity index (χ0v) is 20.4. The van der Waals surface area contributed by atoms with Crippen molar-refractivity contribution in [2.75, 3.05) is 12.4 Å². The van der Waals surface area contributed by atoms with Gasteiger partial charge >= 0.3 is 0 Å². The summed E-state index contributed by atoms with van der Waals surface area (Å²) < 4.78 is 29.0. The SMILES string of the molecule is COc1ccc2c(Oc3ccc(NC(=O)c4c(-c5ccccc5)n(C)n(C)c4=O)cc3F)ccnc2c1. The number of carbonyl (C=O) groups is 1. The zero-order valence-electron chi connectivity index (χ0n) is 20.4. The molecule has 0 fully saturated rings. The lowest BCUT2D eigenvalue weighted by molar-refractivity contribution is 0.102. The smallest absolute Gasteiger partial charge is 0.279 e. The normalized spacial score (nSPS) is 10.9. The fourth-order valence-corrected chi connectivity index (χ4v) is 4.13. The van der Waals surface area contributed by atoms with Crippen LogP contribution in [-0.2, 0) is 14.1 Å². The van der Waals surface area contributed by atoms with E-state index in [1.54, 1.807) is 56.3 Å². The van der Waals surface area contributed by atoms with E-state index in [0.29, 0.717) is 33.7 Å². The van der Waals surface area contributed by atoms with Gasteiger partial charge in [-0.2, -0.15) is 0 Å². The molecule has 0 atom stereocenters. The summed E-state index contributed by atoms with van der Waals surface area (Å²) in [6.45, 7) is 0. The molecular formula is C28H23FN4O4. The molecule has 0 radical (unpaired) electrons. The van der Waals surface area contributed by atoms with Crippen LogP contribution in [0.15, 0.2) is 83.8 Å². The summed E-state index contributed by atoms with van der Waals surface area (Å²) in [5.74, 6) is -0.277. The minimum atomic E-state index is -0.680. The fourth-order valence-electron chi connectivity index (χ4n) is 4.13. The molecule has 8 nitrogen and oxygen atoms in total.